The first kappa shape index (κ1) is 8.97. The molecule has 1 rings (SSSR count). The quantitative estimate of drug-likeness (QED) is 0.581. The average Bonchev–Trinajstić information content (AvgIpc) is 2.67. The number of ether oxygens (including phenoxy) is 1. The van der Waals surface area contributed by atoms with Crippen molar-refractivity contribution in [3.05, 3.63) is 0 Å². The predicted octanol–water partition coefficient (Wildman–Crippen LogP) is 0.338. The third-order valence-corrected chi connectivity index (χ3v) is 2.05. The van der Waals surface area contributed by atoms with Crippen molar-refractivity contribution in [1.29, 1.82) is 0 Å². The number of nitrogens with one attached hydrogen (secondary N) is 1. The van der Waals surface area contributed by atoms with Crippen LogP contribution in [0.25, 0.3) is 0 Å². The predicted molar refractivity (Wildman–Crippen MR) is 43.2 cm³/mol. The van der Waals surface area contributed by atoms with Crippen LogP contribution in [0, 0.1) is 5.92 Å². The maximum Gasteiger partial charge on any atom is 0.107 e. The highest BCUT2D eigenvalue weighted by Gasteiger charge is 2.38. The Morgan fingerprint density at radius 3 is 2.55 bits per heavy atom. The van der Waals surface area contributed by atoms with Crippen molar-refractivity contribution in [1.82, 2.24) is 5.32 Å². The van der Waals surface area contributed by atoms with E-state index in [9.17, 15) is 5.11 Å². The highest BCUT2D eigenvalue weighted by atomic mass is 16.5. The van der Waals surface area contributed by atoms with E-state index in [-0.39, 0.29) is 12.1 Å². The summed E-state index contributed by atoms with van der Waals surface area (Å²) in [6.07, 6.45) is 0.962. The Balaban J connectivity index is 2.13. The second-order valence-corrected chi connectivity index (χ2v) is 3.47. The zero-order valence-corrected chi connectivity index (χ0v) is 7.37. The molecule has 0 amide bonds. The molecule has 11 heavy (non-hydrogen) atoms. The van der Waals surface area contributed by atoms with Crippen LogP contribution in [0.2, 0.25) is 0 Å². The Hall–Kier alpha value is -0.120. The molecule has 1 unspecified atom stereocenters. The molecule has 0 aromatic rings. The van der Waals surface area contributed by atoms with Gasteiger partial charge in [0.25, 0.3) is 0 Å². The van der Waals surface area contributed by atoms with Gasteiger partial charge in [0.2, 0.25) is 0 Å². The summed E-state index contributed by atoms with van der Waals surface area (Å²) in [4.78, 5) is 0. The lowest BCUT2D eigenvalue weighted by atomic mass is 10.2. The zero-order chi connectivity index (χ0) is 8.43. The largest absolute Gasteiger partial charge is 0.380 e. The van der Waals surface area contributed by atoms with Crippen LogP contribution in [0.1, 0.15) is 20.3 Å². The molecule has 66 valence electrons. The highest BCUT2D eigenvalue weighted by molar-refractivity contribution is 4.95. The minimum absolute atomic E-state index is 0.271. The third kappa shape index (κ3) is 2.43. The van der Waals surface area contributed by atoms with Gasteiger partial charge in [-0.1, -0.05) is 13.8 Å². The lowest BCUT2D eigenvalue weighted by molar-refractivity contribution is 0.0783. The van der Waals surface area contributed by atoms with Gasteiger partial charge in [-0.05, 0) is 12.3 Å². The zero-order valence-electron chi connectivity index (χ0n) is 7.37. The van der Waals surface area contributed by atoms with E-state index in [1.54, 1.807) is 7.11 Å². The van der Waals surface area contributed by atoms with Crippen molar-refractivity contribution in [2.45, 2.75) is 38.6 Å². The Kier molecular flexibility index (Phi) is 2.87. The SMILES string of the molecule is CO[C@H]1C[C@@H]1NC(O)C(C)C. The molecule has 3 atom stereocenters. The van der Waals surface area contributed by atoms with Crippen molar-refractivity contribution in [2.75, 3.05) is 7.11 Å². The van der Waals surface area contributed by atoms with E-state index in [0.29, 0.717) is 12.1 Å². The fraction of sp³-hybridized carbons (Fsp3) is 1.00. The molecule has 2 N–H and O–H groups in total. The minimum Gasteiger partial charge on any atom is -0.380 e. The van der Waals surface area contributed by atoms with Crippen LogP contribution in [-0.4, -0.2) is 30.6 Å². The van der Waals surface area contributed by atoms with Crippen LogP contribution in [0.4, 0.5) is 0 Å². The summed E-state index contributed by atoms with van der Waals surface area (Å²) in [7, 11) is 1.70. The number of hydrogen-bond donors (Lipinski definition) is 2. The number of methoxy groups -OCH3 is 1. The average molecular weight is 159 g/mol. The molecule has 0 aromatic heterocycles. The number of aliphatic hydroxyl groups excluding tert-OH is 1. The van der Waals surface area contributed by atoms with Gasteiger partial charge in [0.05, 0.1) is 6.10 Å². The number of rotatable bonds is 4. The Bertz CT molecular complexity index is 127. The first-order chi connectivity index (χ1) is 5.15. The van der Waals surface area contributed by atoms with Crippen molar-refractivity contribution in [3.63, 3.8) is 0 Å². The normalized spacial score (nSPS) is 32.5. The van der Waals surface area contributed by atoms with Crippen LogP contribution in [0.5, 0.6) is 0 Å². The molecular formula is C8H17NO2. The van der Waals surface area contributed by atoms with E-state index in [1.807, 2.05) is 13.8 Å². The first-order valence-corrected chi connectivity index (χ1v) is 4.12. The van der Waals surface area contributed by atoms with Crippen molar-refractivity contribution < 1.29 is 9.84 Å². The fourth-order valence-electron chi connectivity index (χ4n) is 1.02. The summed E-state index contributed by atoms with van der Waals surface area (Å²) in [6, 6.07) is 0.373. The van der Waals surface area contributed by atoms with Gasteiger partial charge in [-0.25, -0.2) is 0 Å². The van der Waals surface area contributed by atoms with Gasteiger partial charge < -0.3 is 9.84 Å². The molecule has 3 heteroatoms. The summed E-state index contributed by atoms with van der Waals surface area (Å²) in [5, 5.41) is 12.5. The molecule has 0 aliphatic heterocycles. The van der Waals surface area contributed by atoms with Gasteiger partial charge >= 0.3 is 0 Å². The summed E-state index contributed by atoms with van der Waals surface area (Å²) in [6.45, 7) is 3.98. The topological polar surface area (TPSA) is 41.5 Å². The van der Waals surface area contributed by atoms with E-state index < -0.39 is 0 Å². The van der Waals surface area contributed by atoms with Gasteiger partial charge in [-0.3, -0.25) is 5.32 Å². The van der Waals surface area contributed by atoms with Gasteiger partial charge in [0.1, 0.15) is 6.23 Å². The molecule has 1 saturated carbocycles. The van der Waals surface area contributed by atoms with E-state index in [1.165, 1.54) is 0 Å². The smallest absolute Gasteiger partial charge is 0.107 e. The third-order valence-electron chi connectivity index (χ3n) is 2.05. The van der Waals surface area contributed by atoms with Crippen molar-refractivity contribution in [2.24, 2.45) is 5.92 Å². The second-order valence-electron chi connectivity index (χ2n) is 3.47. The molecule has 0 bridgehead atoms. The van der Waals surface area contributed by atoms with E-state index in [4.69, 9.17) is 4.74 Å². The van der Waals surface area contributed by atoms with Crippen LogP contribution in [-0.2, 0) is 4.74 Å². The Morgan fingerprint density at radius 1 is 1.55 bits per heavy atom. The van der Waals surface area contributed by atoms with Crippen LogP contribution < -0.4 is 5.32 Å². The van der Waals surface area contributed by atoms with Crippen molar-refractivity contribution >= 4 is 0 Å². The molecule has 1 fully saturated rings. The van der Waals surface area contributed by atoms with Crippen LogP contribution >= 0.6 is 0 Å². The summed E-state index contributed by atoms with van der Waals surface area (Å²) in [5.74, 6) is 0.271. The molecule has 0 aromatic carbocycles. The van der Waals surface area contributed by atoms with Gasteiger partial charge in [0, 0.05) is 13.2 Å². The maximum atomic E-state index is 9.38. The van der Waals surface area contributed by atoms with E-state index in [0.717, 1.165) is 6.42 Å². The lowest BCUT2D eigenvalue weighted by Gasteiger charge is -2.15. The summed E-state index contributed by atoms with van der Waals surface area (Å²) in [5.41, 5.74) is 0. The highest BCUT2D eigenvalue weighted by Crippen LogP contribution is 2.25. The molecule has 1 aliphatic carbocycles. The summed E-state index contributed by atoms with van der Waals surface area (Å²) >= 11 is 0. The van der Waals surface area contributed by atoms with E-state index >= 15 is 0 Å². The Morgan fingerprint density at radius 2 is 2.18 bits per heavy atom. The summed E-state index contributed by atoms with van der Waals surface area (Å²) < 4.78 is 5.08. The van der Waals surface area contributed by atoms with Crippen LogP contribution in [0.15, 0.2) is 0 Å². The molecule has 0 heterocycles. The monoisotopic (exact) mass is 159 g/mol. The van der Waals surface area contributed by atoms with Crippen LogP contribution in [0.3, 0.4) is 0 Å². The van der Waals surface area contributed by atoms with Gasteiger partial charge in [0.15, 0.2) is 0 Å². The molecular weight excluding hydrogens is 142 g/mol. The molecule has 0 spiro atoms. The number of hydrogen-bond acceptors (Lipinski definition) is 3. The Labute approximate surface area is 67.7 Å². The molecule has 1 aliphatic rings. The number of aliphatic hydroxyl groups is 1. The molecule has 0 saturated heterocycles. The standard InChI is InChI=1S/C8H17NO2/c1-5(2)8(10)9-6-4-7(6)11-3/h5-10H,4H2,1-3H3/t6-,7-,8?/m0/s1. The molecule has 3 nitrogen and oxygen atoms in total. The van der Waals surface area contributed by atoms with Crippen molar-refractivity contribution in [3.8, 4) is 0 Å². The van der Waals surface area contributed by atoms with Gasteiger partial charge in [-0.15, -0.1) is 0 Å². The fourth-order valence-corrected chi connectivity index (χ4v) is 1.02. The maximum absolute atomic E-state index is 9.38. The minimum atomic E-state index is -0.389. The van der Waals surface area contributed by atoms with Gasteiger partial charge in [-0.2, -0.15) is 0 Å². The second kappa shape index (κ2) is 3.52. The van der Waals surface area contributed by atoms with E-state index in [2.05, 4.69) is 5.32 Å². The lowest BCUT2D eigenvalue weighted by Crippen LogP contribution is -2.36. The molecule has 0 radical (unpaired) electrons. The first-order valence-electron chi connectivity index (χ1n) is 4.12.